The summed E-state index contributed by atoms with van der Waals surface area (Å²) in [7, 11) is 0. The summed E-state index contributed by atoms with van der Waals surface area (Å²) in [5, 5.41) is 13.9. The van der Waals surface area contributed by atoms with Crippen molar-refractivity contribution < 1.29 is 37.0 Å². The van der Waals surface area contributed by atoms with Crippen molar-refractivity contribution in [1.82, 2.24) is 15.3 Å². The second-order valence-corrected chi connectivity index (χ2v) is 7.30. The Morgan fingerprint density at radius 1 is 1.29 bits per heavy atom. The van der Waals surface area contributed by atoms with Gasteiger partial charge in [-0.25, -0.2) is 19.2 Å². The Morgan fingerprint density at radius 2 is 1.97 bits per heavy atom. The van der Waals surface area contributed by atoms with Gasteiger partial charge < -0.3 is 20.5 Å². The summed E-state index contributed by atoms with van der Waals surface area (Å²) in [6, 6.07) is 4.75. The minimum atomic E-state index is -5.08. The van der Waals surface area contributed by atoms with Crippen LogP contribution in [0, 0.1) is 11.2 Å². The number of anilines is 1. The third kappa shape index (κ3) is 5.19. The van der Waals surface area contributed by atoms with Crippen LogP contribution in [-0.4, -0.2) is 58.9 Å². The van der Waals surface area contributed by atoms with Gasteiger partial charge in [-0.05, 0) is 38.1 Å². The zero-order valence-corrected chi connectivity index (χ0v) is 16.2. The first-order chi connectivity index (χ1) is 14.6. The molecule has 0 aliphatic carbocycles. The number of carboxylic acid groups (broad SMARTS) is 1. The van der Waals surface area contributed by atoms with Crippen LogP contribution >= 0.6 is 0 Å². The number of nitrogens with zero attached hydrogens (tertiary/aromatic N) is 2. The standard InChI is InChI=1S/C17H19FN4O2.C2HF3O2/c18-12-2-1-3-13-14(12)15(22-10-21-13)20-9-11-8-17(16(23)24-11)4-6-19-7-5-17;3-2(4,5)1(6)7/h1-3,10-11,19H,4-9H2,(H,20,21,22);(H,6,7). The van der Waals surface area contributed by atoms with E-state index in [1.165, 1.54) is 12.4 Å². The fourth-order valence-electron chi connectivity index (χ4n) is 3.68. The highest BCUT2D eigenvalue weighted by atomic mass is 19.4. The molecule has 0 amide bonds. The highest BCUT2D eigenvalue weighted by Gasteiger charge is 2.49. The van der Waals surface area contributed by atoms with Gasteiger partial charge in [0.1, 0.15) is 24.1 Å². The predicted octanol–water partition coefficient (Wildman–Crippen LogP) is 2.50. The summed E-state index contributed by atoms with van der Waals surface area (Å²) in [6.07, 6.45) is -1.57. The van der Waals surface area contributed by atoms with E-state index >= 15 is 0 Å². The lowest BCUT2D eigenvalue weighted by atomic mass is 9.76. The summed E-state index contributed by atoms with van der Waals surface area (Å²) in [6.45, 7) is 2.11. The normalized spacial score (nSPS) is 20.1. The summed E-state index contributed by atoms with van der Waals surface area (Å²) >= 11 is 0. The number of rotatable bonds is 3. The van der Waals surface area contributed by atoms with Gasteiger partial charge in [0.05, 0.1) is 22.9 Å². The second-order valence-electron chi connectivity index (χ2n) is 7.30. The van der Waals surface area contributed by atoms with Crippen LogP contribution in [0.25, 0.3) is 10.9 Å². The number of piperidine rings is 1. The number of fused-ring (bicyclic) bond motifs is 1. The first-order valence-corrected chi connectivity index (χ1v) is 9.47. The molecule has 1 aromatic carbocycles. The number of aromatic nitrogens is 2. The highest BCUT2D eigenvalue weighted by molar-refractivity contribution is 5.89. The maximum absolute atomic E-state index is 14.1. The lowest BCUT2D eigenvalue weighted by Crippen LogP contribution is -2.39. The molecule has 8 nitrogen and oxygen atoms in total. The molecule has 2 aliphatic rings. The van der Waals surface area contributed by atoms with Gasteiger partial charge in [-0.2, -0.15) is 13.2 Å². The Hall–Kier alpha value is -3.02. The fraction of sp³-hybridized carbons (Fsp3) is 0.474. The SMILES string of the molecule is O=C(O)C(F)(F)F.O=C1OC(CNc2ncnc3cccc(F)c23)CC12CCNCC2. The number of hydrogen-bond acceptors (Lipinski definition) is 7. The van der Waals surface area contributed by atoms with Crippen molar-refractivity contribution in [3.63, 3.8) is 0 Å². The number of benzene rings is 1. The van der Waals surface area contributed by atoms with Crippen LogP contribution in [0.3, 0.4) is 0 Å². The van der Waals surface area contributed by atoms with Crippen molar-refractivity contribution in [1.29, 1.82) is 0 Å². The summed E-state index contributed by atoms with van der Waals surface area (Å²) < 4.78 is 51.4. The van der Waals surface area contributed by atoms with E-state index in [4.69, 9.17) is 14.6 Å². The van der Waals surface area contributed by atoms with Crippen molar-refractivity contribution in [3.8, 4) is 0 Å². The molecule has 4 rings (SSSR count). The molecule has 2 aliphatic heterocycles. The number of hydrogen-bond donors (Lipinski definition) is 3. The monoisotopic (exact) mass is 444 g/mol. The number of cyclic esters (lactones) is 1. The van der Waals surface area contributed by atoms with Crippen molar-refractivity contribution in [2.75, 3.05) is 25.0 Å². The van der Waals surface area contributed by atoms with Crippen molar-refractivity contribution >= 4 is 28.7 Å². The molecule has 0 radical (unpaired) electrons. The molecular formula is C19H20F4N4O4. The Labute approximate surface area is 174 Å². The Bertz CT molecular complexity index is 958. The van der Waals surface area contributed by atoms with Gasteiger partial charge in [0.15, 0.2) is 0 Å². The van der Waals surface area contributed by atoms with Gasteiger partial charge >= 0.3 is 18.1 Å². The fourth-order valence-corrected chi connectivity index (χ4v) is 3.68. The van der Waals surface area contributed by atoms with Crippen LogP contribution in [0.2, 0.25) is 0 Å². The molecule has 3 N–H and O–H groups in total. The number of esters is 1. The Morgan fingerprint density at radius 3 is 2.61 bits per heavy atom. The van der Waals surface area contributed by atoms with Crippen LogP contribution in [0.5, 0.6) is 0 Å². The van der Waals surface area contributed by atoms with Crippen molar-refractivity contribution in [3.05, 3.63) is 30.3 Å². The number of carbonyl (C=O) groups excluding carboxylic acids is 1. The number of carbonyl (C=O) groups is 2. The van der Waals surface area contributed by atoms with Gasteiger partial charge in [-0.3, -0.25) is 4.79 Å². The maximum Gasteiger partial charge on any atom is 0.490 e. The predicted molar refractivity (Wildman–Crippen MR) is 101 cm³/mol. The maximum atomic E-state index is 14.1. The van der Waals surface area contributed by atoms with Gasteiger partial charge in [-0.15, -0.1) is 0 Å². The zero-order chi connectivity index (χ0) is 22.6. The van der Waals surface area contributed by atoms with Crippen LogP contribution < -0.4 is 10.6 Å². The van der Waals surface area contributed by atoms with E-state index in [0.717, 1.165) is 25.9 Å². The number of carboxylic acids is 1. The third-order valence-electron chi connectivity index (χ3n) is 5.24. The largest absolute Gasteiger partial charge is 0.490 e. The van der Waals surface area contributed by atoms with E-state index in [9.17, 15) is 22.4 Å². The lowest BCUT2D eigenvalue weighted by Gasteiger charge is -2.29. The Balaban J connectivity index is 0.000000339. The molecular weight excluding hydrogens is 424 g/mol. The molecule has 1 unspecified atom stereocenters. The minimum absolute atomic E-state index is 0.102. The molecule has 31 heavy (non-hydrogen) atoms. The smallest absolute Gasteiger partial charge is 0.475 e. The molecule has 0 bridgehead atoms. The molecule has 1 atom stereocenters. The van der Waals surface area contributed by atoms with E-state index in [1.54, 1.807) is 12.1 Å². The van der Waals surface area contributed by atoms with Gasteiger partial charge in [0.25, 0.3) is 0 Å². The molecule has 3 heterocycles. The molecule has 2 fully saturated rings. The average molecular weight is 444 g/mol. The number of aliphatic carboxylic acids is 1. The quantitative estimate of drug-likeness (QED) is 0.489. The average Bonchev–Trinajstić information content (AvgIpc) is 3.01. The van der Waals surface area contributed by atoms with E-state index in [0.29, 0.717) is 29.7 Å². The third-order valence-corrected chi connectivity index (χ3v) is 5.24. The zero-order valence-electron chi connectivity index (χ0n) is 16.2. The summed E-state index contributed by atoms with van der Waals surface area (Å²) in [5.74, 6) is -2.80. The lowest BCUT2D eigenvalue weighted by molar-refractivity contribution is -0.192. The summed E-state index contributed by atoms with van der Waals surface area (Å²) in [4.78, 5) is 29.4. The van der Waals surface area contributed by atoms with E-state index in [2.05, 4.69) is 20.6 Å². The van der Waals surface area contributed by atoms with Gasteiger partial charge in [0, 0.05) is 6.42 Å². The molecule has 2 aromatic rings. The van der Waals surface area contributed by atoms with E-state index < -0.39 is 12.1 Å². The topological polar surface area (TPSA) is 113 Å². The molecule has 0 saturated carbocycles. The Kier molecular flexibility index (Phi) is 6.58. The van der Waals surface area contributed by atoms with Crippen LogP contribution in [0.1, 0.15) is 19.3 Å². The second kappa shape index (κ2) is 9.00. The molecule has 168 valence electrons. The number of nitrogens with one attached hydrogen (secondary N) is 2. The molecule has 2 saturated heterocycles. The number of halogens is 4. The van der Waals surface area contributed by atoms with Crippen molar-refractivity contribution in [2.45, 2.75) is 31.5 Å². The van der Waals surface area contributed by atoms with Crippen LogP contribution in [0.4, 0.5) is 23.4 Å². The van der Waals surface area contributed by atoms with Crippen LogP contribution in [-0.2, 0) is 14.3 Å². The highest BCUT2D eigenvalue weighted by Crippen LogP contribution is 2.41. The first kappa shape index (κ1) is 22.7. The molecule has 1 aromatic heterocycles. The minimum Gasteiger partial charge on any atom is -0.475 e. The van der Waals surface area contributed by atoms with Gasteiger partial charge in [0.2, 0.25) is 0 Å². The van der Waals surface area contributed by atoms with E-state index in [-0.39, 0.29) is 23.3 Å². The van der Waals surface area contributed by atoms with Crippen LogP contribution in [0.15, 0.2) is 24.5 Å². The van der Waals surface area contributed by atoms with Gasteiger partial charge in [-0.1, -0.05) is 6.07 Å². The van der Waals surface area contributed by atoms with E-state index in [1.807, 2.05) is 0 Å². The number of alkyl halides is 3. The summed E-state index contributed by atoms with van der Waals surface area (Å²) in [5.41, 5.74) is 0.196. The molecule has 1 spiro atoms. The van der Waals surface area contributed by atoms with Crippen molar-refractivity contribution in [2.24, 2.45) is 5.41 Å². The first-order valence-electron chi connectivity index (χ1n) is 9.47. The molecule has 12 heteroatoms. The number of ether oxygens (including phenoxy) is 1.